The summed E-state index contributed by atoms with van der Waals surface area (Å²) in [4.78, 5) is 43.1. The minimum atomic E-state index is -4.97. The SMILES string of the molecule is CC1(C(=O)O)CCC(n2ncc(C(=O)N(CCC3(CF)CC3)CC(=O)c3c(Cl)cncc3Cl)c2C(F)(F)F)CC1. The fraction of sp³-hybridized carbons (Fsp3) is 0.577. The second-order valence-corrected chi connectivity index (χ2v) is 11.8. The van der Waals surface area contributed by atoms with E-state index in [1.54, 1.807) is 6.92 Å². The van der Waals surface area contributed by atoms with Gasteiger partial charge in [0, 0.05) is 24.4 Å². The van der Waals surface area contributed by atoms with Crippen molar-refractivity contribution in [3.63, 3.8) is 0 Å². The molecule has 0 unspecified atom stereocenters. The molecule has 2 heterocycles. The summed E-state index contributed by atoms with van der Waals surface area (Å²) in [7, 11) is 0. The fourth-order valence-electron chi connectivity index (χ4n) is 5.13. The van der Waals surface area contributed by atoms with Crippen LogP contribution in [0, 0.1) is 10.8 Å². The summed E-state index contributed by atoms with van der Waals surface area (Å²) in [6.45, 7) is 0.0907. The standard InChI is InChI=1S/C26H28Cl2F4N4O4/c1-24(23(39)40)4-2-15(3-5-24)36-21(26(30,31)32)16(10-34-36)22(38)35(9-8-25(14-29)6-7-25)13-19(37)20-17(27)11-33-12-18(20)28/h10-12,15H,2-9,13-14H2,1H3,(H,39,40). The van der Waals surface area contributed by atoms with Crippen molar-refractivity contribution < 1.29 is 37.1 Å². The van der Waals surface area contributed by atoms with Gasteiger partial charge < -0.3 is 10.0 Å². The predicted octanol–water partition coefficient (Wildman–Crippen LogP) is 6.27. The van der Waals surface area contributed by atoms with E-state index in [2.05, 4.69) is 10.1 Å². The van der Waals surface area contributed by atoms with Gasteiger partial charge in [-0.05, 0) is 51.9 Å². The molecular weight excluding hydrogens is 579 g/mol. The minimum absolute atomic E-state index is 0.0817. The summed E-state index contributed by atoms with van der Waals surface area (Å²) in [5.41, 5.74) is -3.86. The van der Waals surface area contributed by atoms with Crippen LogP contribution in [0.3, 0.4) is 0 Å². The molecule has 1 N–H and O–H groups in total. The molecule has 0 atom stereocenters. The molecule has 0 aliphatic heterocycles. The lowest BCUT2D eigenvalue weighted by atomic mass is 9.74. The molecule has 2 aromatic heterocycles. The summed E-state index contributed by atoms with van der Waals surface area (Å²) >= 11 is 12.2. The molecule has 2 aliphatic rings. The number of carbonyl (C=O) groups is 3. The Morgan fingerprint density at radius 2 is 1.70 bits per heavy atom. The number of halogens is 6. The number of amides is 1. The number of carboxylic acids is 1. The molecule has 2 saturated carbocycles. The molecule has 0 spiro atoms. The second-order valence-electron chi connectivity index (χ2n) is 11.0. The van der Waals surface area contributed by atoms with Crippen LogP contribution in [0.1, 0.15) is 84.3 Å². The van der Waals surface area contributed by atoms with Crippen LogP contribution in [0.5, 0.6) is 0 Å². The summed E-state index contributed by atoms with van der Waals surface area (Å²) in [6.07, 6.45) is 0.0606. The van der Waals surface area contributed by atoms with Crippen molar-refractivity contribution in [1.29, 1.82) is 0 Å². The molecule has 0 bridgehead atoms. The molecule has 8 nitrogen and oxygen atoms in total. The first-order chi connectivity index (χ1) is 18.7. The zero-order valence-corrected chi connectivity index (χ0v) is 23.1. The lowest BCUT2D eigenvalue weighted by molar-refractivity contribution is -0.152. The van der Waals surface area contributed by atoms with Gasteiger partial charge in [-0.3, -0.25) is 28.4 Å². The molecule has 0 radical (unpaired) electrons. The number of nitrogens with zero attached hydrogens (tertiary/aromatic N) is 4. The van der Waals surface area contributed by atoms with Gasteiger partial charge in [0.05, 0.1) is 52.0 Å². The number of pyridine rings is 1. The lowest BCUT2D eigenvalue weighted by Gasteiger charge is -2.34. The Hall–Kier alpha value is -2.73. The Kier molecular flexibility index (Phi) is 8.52. The van der Waals surface area contributed by atoms with Gasteiger partial charge in [0.25, 0.3) is 5.91 Å². The third-order valence-electron chi connectivity index (χ3n) is 8.12. The molecular formula is C26H28Cl2F4N4O4. The molecule has 1 amide bonds. The van der Waals surface area contributed by atoms with Crippen molar-refractivity contribution in [3.05, 3.63) is 45.5 Å². The first-order valence-electron chi connectivity index (χ1n) is 12.8. The highest BCUT2D eigenvalue weighted by molar-refractivity contribution is 6.39. The number of Topliss-reactive ketones (excluding diaryl/α,β-unsaturated/α-hetero) is 1. The smallest absolute Gasteiger partial charge is 0.433 e. The van der Waals surface area contributed by atoms with Crippen LogP contribution in [0.25, 0.3) is 0 Å². The molecule has 4 rings (SSSR count). The maximum absolute atomic E-state index is 14.4. The number of aromatic nitrogens is 3. The molecule has 14 heteroatoms. The number of ketones is 1. The van der Waals surface area contributed by atoms with E-state index in [0.717, 1.165) is 15.8 Å². The number of carbonyl (C=O) groups excluding carboxylic acids is 2. The average Bonchev–Trinajstić information content (AvgIpc) is 3.53. The Morgan fingerprint density at radius 3 is 2.20 bits per heavy atom. The number of alkyl halides is 4. The molecule has 218 valence electrons. The first-order valence-corrected chi connectivity index (χ1v) is 13.5. The quantitative estimate of drug-likeness (QED) is 0.252. The maximum atomic E-state index is 14.4. The monoisotopic (exact) mass is 606 g/mol. The zero-order valence-electron chi connectivity index (χ0n) is 21.6. The molecule has 2 aliphatic carbocycles. The summed E-state index contributed by atoms with van der Waals surface area (Å²) in [5.74, 6) is -2.82. The highest BCUT2D eigenvalue weighted by Crippen LogP contribution is 2.49. The number of carboxylic acid groups (broad SMARTS) is 1. The summed E-state index contributed by atoms with van der Waals surface area (Å²) < 4.78 is 57.5. The van der Waals surface area contributed by atoms with Gasteiger partial charge in [0.1, 0.15) is 0 Å². The van der Waals surface area contributed by atoms with E-state index < -0.39 is 65.2 Å². The topological polar surface area (TPSA) is 105 Å². The van der Waals surface area contributed by atoms with Crippen molar-refractivity contribution in [1.82, 2.24) is 19.7 Å². The average molecular weight is 607 g/mol. The van der Waals surface area contributed by atoms with Gasteiger partial charge >= 0.3 is 12.1 Å². The maximum Gasteiger partial charge on any atom is 0.433 e. The van der Waals surface area contributed by atoms with Gasteiger partial charge in [0.2, 0.25) is 0 Å². The van der Waals surface area contributed by atoms with E-state index >= 15 is 0 Å². The molecule has 2 fully saturated rings. The van der Waals surface area contributed by atoms with Crippen LogP contribution < -0.4 is 0 Å². The Bertz CT molecular complexity index is 1280. The number of hydrogen-bond donors (Lipinski definition) is 1. The lowest BCUT2D eigenvalue weighted by Crippen LogP contribution is -2.39. The van der Waals surface area contributed by atoms with E-state index in [-0.39, 0.29) is 54.3 Å². The van der Waals surface area contributed by atoms with E-state index in [9.17, 15) is 37.1 Å². The van der Waals surface area contributed by atoms with Gasteiger partial charge in [-0.15, -0.1) is 0 Å². The van der Waals surface area contributed by atoms with Gasteiger partial charge in [-0.2, -0.15) is 18.3 Å². The van der Waals surface area contributed by atoms with E-state index in [0.29, 0.717) is 12.8 Å². The van der Waals surface area contributed by atoms with Crippen LogP contribution in [-0.2, 0) is 11.0 Å². The fourth-order valence-corrected chi connectivity index (χ4v) is 5.70. The second kappa shape index (κ2) is 11.3. The van der Waals surface area contributed by atoms with Crippen molar-refractivity contribution >= 4 is 40.9 Å². The largest absolute Gasteiger partial charge is 0.481 e. The van der Waals surface area contributed by atoms with Crippen LogP contribution in [0.15, 0.2) is 18.6 Å². The molecule has 0 aromatic carbocycles. The molecule has 0 saturated heterocycles. The number of hydrogen-bond acceptors (Lipinski definition) is 5. The highest BCUT2D eigenvalue weighted by atomic mass is 35.5. The van der Waals surface area contributed by atoms with Crippen LogP contribution >= 0.6 is 23.2 Å². The van der Waals surface area contributed by atoms with E-state index in [1.807, 2.05) is 0 Å². The van der Waals surface area contributed by atoms with Crippen LogP contribution in [0.2, 0.25) is 10.0 Å². The van der Waals surface area contributed by atoms with Crippen molar-refractivity contribution in [2.24, 2.45) is 10.8 Å². The van der Waals surface area contributed by atoms with Crippen LogP contribution in [0.4, 0.5) is 17.6 Å². The minimum Gasteiger partial charge on any atom is -0.481 e. The van der Waals surface area contributed by atoms with Crippen molar-refractivity contribution in [2.45, 2.75) is 64.1 Å². The van der Waals surface area contributed by atoms with Crippen molar-refractivity contribution in [2.75, 3.05) is 19.8 Å². The zero-order chi connectivity index (χ0) is 29.5. The Labute approximate surface area is 237 Å². The third kappa shape index (κ3) is 6.12. The normalized spacial score (nSPS) is 22.1. The molecule has 2 aromatic rings. The third-order valence-corrected chi connectivity index (χ3v) is 8.69. The summed E-state index contributed by atoms with van der Waals surface area (Å²) in [6, 6.07) is -0.767. The van der Waals surface area contributed by atoms with E-state index in [1.165, 1.54) is 12.4 Å². The van der Waals surface area contributed by atoms with Crippen LogP contribution in [-0.4, -0.2) is 62.2 Å². The summed E-state index contributed by atoms with van der Waals surface area (Å²) in [5, 5.41) is 13.2. The molecule has 40 heavy (non-hydrogen) atoms. The van der Waals surface area contributed by atoms with E-state index in [4.69, 9.17) is 23.2 Å². The van der Waals surface area contributed by atoms with Gasteiger partial charge in [-0.1, -0.05) is 23.2 Å². The van der Waals surface area contributed by atoms with Gasteiger partial charge in [0.15, 0.2) is 11.5 Å². The Morgan fingerprint density at radius 1 is 1.10 bits per heavy atom. The van der Waals surface area contributed by atoms with Gasteiger partial charge in [-0.25, -0.2) is 0 Å². The Balaban J connectivity index is 1.65. The predicted molar refractivity (Wildman–Crippen MR) is 137 cm³/mol. The van der Waals surface area contributed by atoms with Crippen molar-refractivity contribution in [3.8, 4) is 0 Å². The number of aliphatic carboxylic acids is 1. The first kappa shape index (κ1) is 30.2. The number of rotatable bonds is 10. The highest BCUT2D eigenvalue weighted by Gasteiger charge is 2.46.